The van der Waals surface area contributed by atoms with Gasteiger partial charge >= 0.3 is 0 Å². The summed E-state index contributed by atoms with van der Waals surface area (Å²) < 4.78 is 6.85. The number of hydrogen-bond donors (Lipinski definition) is 1. The van der Waals surface area contributed by atoms with Crippen molar-refractivity contribution in [2.45, 2.75) is 90.3 Å². The molecule has 4 nitrogen and oxygen atoms in total. The number of piperidine rings is 1. The molecule has 28 heavy (non-hydrogen) atoms. The number of rotatable bonds is 6. The van der Waals surface area contributed by atoms with Gasteiger partial charge in [-0.2, -0.15) is 0 Å². The zero-order valence-electron chi connectivity index (χ0n) is 19.1. The van der Waals surface area contributed by atoms with E-state index in [-0.39, 0.29) is 23.1 Å². The van der Waals surface area contributed by atoms with Gasteiger partial charge in [-0.1, -0.05) is 65.0 Å². The Balaban J connectivity index is 2.40. The van der Waals surface area contributed by atoms with E-state index in [0.717, 1.165) is 19.4 Å². The summed E-state index contributed by atoms with van der Waals surface area (Å²) in [5.41, 5.74) is 1.25. The summed E-state index contributed by atoms with van der Waals surface area (Å²) in [6.45, 7) is 16.7. The third-order valence-electron chi connectivity index (χ3n) is 6.79. The van der Waals surface area contributed by atoms with Crippen LogP contribution in [0.15, 0.2) is 30.3 Å². The van der Waals surface area contributed by atoms with Crippen LogP contribution in [-0.4, -0.2) is 44.4 Å². The van der Waals surface area contributed by atoms with Crippen LogP contribution in [0.3, 0.4) is 0 Å². The van der Waals surface area contributed by atoms with E-state index >= 15 is 0 Å². The number of nitrogens with one attached hydrogen (secondary N) is 1. The maximum atomic E-state index is 13.1. The van der Waals surface area contributed by atoms with Gasteiger partial charge < -0.3 is 9.74 Å². The molecule has 0 aromatic heterocycles. The second kappa shape index (κ2) is 9.10. The molecule has 4 atom stereocenters. The van der Waals surface area contributed by atoms with Gasteiger partial charge in [0.05, 0.1) is 6.10 Å². The minimum Gasteiger partial charge on any atom is -0.412 e. The fraction of sp³-hybridized carbons (Fsp3) is 0.696. The lowest BCUT2D eigenvalue weighted by Gasteiger charge is -2.51. The highest BCUT2D eigenvalue weighted by Gasteiger charge is 2.48. The minimum atomic E-state index is -1.98. The van der Waals surface area contributed by atoms with Gasteiger partial charge in [0.15, 0.2) is 8.32 Å². The fourth-order valence-electron chi connectivity index (χ4n) is 4.18. The first-order valence-corrected chi connectivity index (χ1v) is 13.6. The van der Waals surface area contributed by atoms with E-state index in [2.05, 4.69) is 82.2 Å². The van der Waals surface area contributed by atoms with Gasteiger partial charge in [-0.05, 0) is 42.5 Å². The molecule has 0 spiro atoms. The maximum absolute atomic E-state index is 13.1. The zero-order valence-corrected chi connectivity index (χ0v) is 20.1. The molecule has 1 heterocycles. The van der Waals surface area contributed by atoms with E-state index in [4.69, 9.17) is 4.43 Å². The largest absolute Gasteiger partial charge is 0.412 e. The summed E-state index contributed by atoms with van der Waals surface area (Å²) in [6, 6.07) is 10.6. The molecule has 1 aliphatic heterocycles. The fourth-order valence-corrected chi connectivity index (χ4v) is 5.52. The Morgan fingerprint density at radius 1 is 1.25 bits per heavy atom. The molecule has 2 rings (SSSR count). The highest BCUT2D eigenvalue weighted by atomic mass is 28.4. The number of amides is 1. The van der Waals surface area contributed by atoms with Gasteiger partial charge in [0.2, 0.25) is 5.91 Å². The normalized spacial score (nSPS) is 26.9. The van der Waals surface area contributed by atoms with E-state index in [1.165, 1.54) is 5.56 Å². The van der Waals surface area contributed by atoms with Gasteiger partial charge in [-0.3, -0.25) is 9.69 Å². The van der Waals surface area contributed by atoms with Gasteiger partial charge in [0.1, 0.15) is 6.04 Å². The van der Waals surface area contributed by atoms with Crippen LogP contribution < -0.4 is 5.32 Å². The Hall–Kier alpha value is -1.17. The molecular formula is C23H40N2O2Si. The summed E-state index contributed by atoms with van der Waals surface area (Å²) in [5.74, 6) is 0.564. The molecule has 1 fully saturated rings. The smallest absolute Gasteiger partial charge is 0.239 e. The molecule has 1 aromatic rings. The van der Waals surface area contributed by atoms with Gasteiger partial charge in [-0.25, -0.2) is 0 Å². The van der Waals surface area contributed by atoms with Gasteiger partial charge in [-0.15, -0.1) is 0 Å². The minimum absolute atomic E-state index is 0.0673. The first-order valence-electron chi connectivity index (χ1n) is 10.7. The quantitative estimate of drug-likeness (QED) is 0.692. The molecule has 0 aliphatic carbocycles. The Morgan fingerprint density at radius 3 is 2.36 bits per heavy atom. The van der Waals surface area contributed by atoms with E-state index in [1.807, 2.05) is 6.07 Å². The van der Waals surface area contributed by atoms with Crippen LogP contribution in [0.4, 0.5) is 0 Å². The standard InChI is InChI=1S/C23H40N2O2Si/c1-9-19-17(2)15-20(27-28(7,8)23(3,4)5)21(22(26)24-6)25(19)16-18-13-11-10-12-14-18/h10-14,17,19-21H,9,15-16H2,1-8H3,(H,24,26)/t17-,19+,20-,21-/m0/s1. The maximum Gasteiger partial charge on any atom is 0.239 e. The number of carbonyl (C=O) groups excluding carboxylic acids is 1. The van der Waals surface area contributed by atoms with Crippen LogP contribution in [0.25, 0.3) is 0 Å². The average molecular weight is 405 g/mol. The molecule has 158 valence electrons. The molecule has 0 bridgehead atoms. The Labute approximate surface area is 173 Å². The van der Waals surface area contributed by atoms with Crippen molar-refractivity contribution in [3.63, 3.8) is 0 Å². The molecule has 0 unspecified atom stereocenters. The van der Waals surface area contributed by atoms with E-state index in [0.29, 0.717) is 12.0 Å². The summed E-state index contributed by atoms with van der Waals surface area (Å²) in [4.78, 5) is 15.5. The number of likely N-dealkylation sites (tertiary alicyclic amines) is 1. The number of nitrogens with zero attached hydrogens (tertiary/aromatic N) is 1. The number of benzene rings is 1. The SMILES string of the molecule is CC[C@@H]1[C@@H](C)C[C@H](O[Si](C)(C)C(C)(C)C)[C@@H](C(=O)NC)N1Cc1ccccc1. The van der Waals surface area contributed by atoms with Crippen LogP contribution in [0.1, 0.15) is 53.0 Å². The molecule has 5 heteroatoms. The second-order valence-corrected chi connectivity index (χ2v) is 14.6. The van der Waals surface area contributed by atoms with E-state index < -0.39 is 8.32 Å². The van der Waals surface area contributed by atoms with Gasteiger partial charge in [0.25, 0.3) is 0 Å². The van der Waals surface area contributed by atoms with E-state index in [1.54, 1.807) is 7.05 Å². The number of hydrogen-bond acceptors (Lipinski definition) is 3. The van der Waals surface area contributed by atoms with Crippen LogP contribution >= 0.6 is 0 Å². The van der Waals surface area contributed by atoms with Gasteiger partial charge in [0, 0.05) is 19.6 Å². The first-order chi connectivity index (χ1) is 13.0. The topological polar surface area (TPSA) is 41.6 Å². The highest BCUT2D eigenvalue weighted by Crippen LogP contribution is 2.41. The second-order valence-electron chi connectivity index (χ2n) is 9.82. The van der Waals surface area contributed by atoms with Crippen molar-refractivity contribution in [3.05, 3.63) is 35.9 Å². The predicted molar refractivity (Wildman–Crippen MR) is 120 cm³/mol. The summed E-state index contributed by atoms with van der Waals surface area (Å²) in [7, 11) is -0.241. The van der Waals surface area contributed by atoms with Crippen molar-refractivity contribution < 1.29 is 9.22 Å². The lowest BCUT2D eigenvalue weighted by molar-refractivity contribution is -0.137. The lowest BCUT2D eigenvalue weighted by Crippen LogP contribution is -2.64. The van der Waals surface area contributed by atoms with E-state index in [9.17, 15) is 4.79 Å². The molecule has 1 N–H and O–H groups in total. The monoisotopic (exact) mass is 404 g/mol. The van der Waals surface area contributed by atoms with Crippen molar-refractivity contribution in [3.8, 4) is 0 Å². The third-order valence-corrected chi connectivity index (χ3v) is 11.3. The molecule has 1 saturated heterocycles. The molecule has 0 saturated carbocycles. The molecular weight excluding hydrogens is 364 g/mol. The van der Waals surface area contributed by atoms with Crippen molar-refractivity contribution in [1.29, 1.82) is 0 Å². The summed E-state index contributed by atoms with van der Waals surface area (Å²) >= 11 is 0. The number of carbonyl (C=O) groups is 1. The van der Waals surface area contributed by atoms with Crippen molar-refractivity contribution >= 4 is 14.2 Å². The molecule has 0 radical (unpaired) electrons. The van der Waals surface area contributed by atoms with Crippen molar-refractivity contribution in [1.82, 2.24) is 10.2 Å². The Bertz CT molecular complexity index is 642. The predicted octanol–water partition coefficient (Wildman–Crippen LogP) is 4.81. The molecule has 1 aliphatic rings. The summed E-state index contributed by atoms with van der Waals surface area (Å²) in [6.07, 6.45) is 1.91. The van der Waals surface area contributed by atoms with Crippen LogP contribution in [0.5, 0.6) is 0 Å². The van der Waals surface area contributed by atoms with Crippen LogP contribution in [-0.2, 0) is 15.8 Å². The highest BCUT2D eigenvalue weighted by molar-refractivity contribution is 6.74. The van der Waals surface area contributed by atoms with Crippen LogP contribution in [0, 0.1) is 5.92 Å². The molecule has 1 amide bonds. The lowest BCUT2D eigenvalue weighted by atomic mass is 9.82. The summed E-state index contributed by atoms with van der Waals surface area (Å²) in [5, 5.41) is 3.04. The van der Waals surface area contributed by atoms with Crippen molar-refractivity contribution in [2.75, 3.05) is 7.05 Å². The Morgan fingerprint density at radius 2 is 1.86 bits per heavy atom. The number of likely N-dealkylation sites (N-methyl/N-ethyl adjacent to an activating group) is 1. The molecule has 1 aromatic carbocycles. The zero-order chi connectivity index (χ0) is 21.1. The Kier molecular flexibility index (Phi) is 7.51. The average Bonchev–Trinajstić information content (AvgIpc) is 2.61. The van der Waals surface area contributed by atoms with Crippen LogP contribution in [0.2, 0.25) is 18.1 Å². The van der Waals surface area contributed by atoms with Crippen molar-refractivity contribution in [2.24, 2.45) is 5.92 Å². The third kappa shape index (κ3) is 5.05. The first kappa shape index (κ1) is 23.1.